The van der Waals surface area contributed by atoms with Gasteiger partial charge in [0.15, 0.2) is 0 Å². The first kappa shape index (κ1) is 11.5. The van der Waals surface area contributed by atoms with Gasteiger partial charge in [-0.2, -0.15) is 0 Å². The van der Waals surface area contributed by atoms with Gasteiger partial charge < -0.3 is 9.64 Å². The Bertz CT molecular complexity index is 483. The smallest absolute Gasteiger partial charge is 0.258 e. The van der Waals surface area contributed by atoms with Crippen molar-refractivity contribution < 1.29 is 9.53 Å². The van der Waals surface area contributed by atoms with Gasteiger partial charge in [0.25, 0.3) is 5.91 Å². The van der Waals surface area contributed by atoms with Gasteiger partial charge in [0.2, 0.25) is 0 Å². The van der Waals surface area contributed by atoms with E-state index in [1.54, 1.807) is 30.2 Å². The number of rotatable bonds is 3. The van der Waals surface area contributed by atoms with Gasteiger partial charge in [-0.1, -0.05) is 12.0 Å². The molecule has 1 aromatic rings. The molecule has 1 aromatic carbocycles. The molecule has 0 heterocycles. The summed E-state index contributed by atoms with van der Waals surface area (Å²) >= 11 is 0. The molecule has 0 aromatic heterocycles. The lowest BCUT2D eigenvalue weighted by Gasteiger charge is -2.19. The standard InChI is InChI=1S/C14H15NO2/c1-4-10-6-5-7-12(17-3)13(10)14(16)15(2)11-8-9-11/h1,5-7,11H,8-9H2,2-3H3. The van der Waals surface area contributed by atoms with E-state index in [0.29, 0.717) is 22.9 Å². The Morgan fingerprint density at radius 1 is 1.53 bits per heavy atom. The van der Waals surface area contributed by atoms with E-state index in [1.807, 2.05) is 7.05 Å². The number of terminal acetylenes is 1. The van der Waals surface area contributed by atoms with E-state index in [9.17, 15) is 4.79 Å². The van der Waals surface area contributed by atoms with Crippen molar-refractivity contribution in [2.75, 3.05) is 14.2 Å². The molecule has 1 aliphatic carbocycles. The van der Waals surface area contributed by atoms with E-state index in [4.69, 9.17) is 11.2 Å². The van der Waals surface area contributed by atoms with Crippen LogP contribution in [0.25, 0.3) is 0 Å². The van der Waals surface area contributed by atoms with E-state index >= 15 is 0 Å². The Morgan fingerprint density at radius 2 is 2.24 bits per heavy atom. The summed E-state index contributed by atoms with van der Waals surface area (Å²) in [4.78, 5) is 14.1. The van der Waals surface area contributed by atoms with E-state index in [2.05, 4.69) is 5.92 Å². The predicted molar refractivity (Wildman–Crippen MR) is 66.0 cm³/mol. The third kappa shape index (κ3) is 2.12. The van der Waals surface area contributed by atoms with Crippen molar-refractivity contribution in [1.82, 2.24) is 4.90 Å². The highest BCUT2D eigenvalue weighted by atomic mass is 16.5. The number of carbonyl (C=O) groups excluding carboxylic acids is 1. The van der Waals surface area contributed by atoms with Crippen LogP contribution in [0.5, 0.6) is 5.75 Å². The molecule has 3 nitrogen and oxygen atoms in total. The minimum absolute atomic E-state index is 0.0575. The van der Waals surface area contributed by atoms with Crippen molar-refractivity contribution in [2.45, 2.75) is 18.9 Å². The van der Waals surface area contributed by atoms with Crippen LogP contribution in [0.15, 0.2) is 18.2 Å². The van der Waals surface area contributed by atoms with Crippen LogP contribution < -0.4 is 4.74 Å². The van der Waals surface area contributed by atoms with E-state index < -0.39 is 0 Å². The molecule has 1 fully saturated rings. The molecule has 88 valence electrons. The summed E-state index contributed by atoms with van der Waals surface area (Å²) < 4.78 is 5.22. The predicted octanol–water partition coefficient (Wildman–Crippen LogP) is 1.91. The molecule has 0 N–H and O–H groups in total. The summed E-state index contributed by atoms with van der Waals surface area (Å²) in [5.41, 5.74) is 1.08. The van der Waals surface area contributed by atoms with Crippen molar-refractivity contribution in [1.29, 1.82) is 0 Å². The molecule has 0 atom stereocenters. The molecule has 1 saturated carbocycles. The molecule has 17 heavy (non-hydrogen) atoms. The van der Waals surface area contributed by atoms with Crippen LogP contribution in [0.4, 0.5) is 0 Å². The van der Waals surface area contributed by atoms with Gasteiger partial charge in [0.05, 0.1) is 12.7 Å². The summed E-state index contributed by atoms with van der Waals surface area (Å²) in [6.07, 6.45) is 7.57. The van der Waals surface area contributed by atoms with Crippen molar-refractivity contribution in [3.63, 3.8) is 0 Å². The van der Waals surface area contributed by atoms with Crippen molar-refractivity contribution in [3.05, 3.63) is 29.3 Å². The van der Waals surface area contributed by atoms with E-state index in [-0.39, 0.29) is 5.91 Å². The third-order valence-corrected chi connectivity index (χ3v) is 3.03. The lowest BCUT2D eigenvalue weighted by atomic mass is 10.1. The number of methoxy groups -OCH3 is 1. The second-order valence-corrected chi connectivity index (χ2v) is 4.17. The topological polar surface area (TPSA) is 29.5 Å². The zero-order chi connectivity index (χ0) is 12.4. The van der Waals surface area contributed by atoms with Crippen LogP contribution in [-0.4, -0.2) is 31.0 Å². The number of hydrogen-bond donors (Lipinski definition) is 0. The van der Waals surface area contributed by atoms with E-state index in [0.717, 1.165) is 12.8 Å². The molecule has 0 aliphatic heterocycles. The molecule has 1 aliphatic rings. The second kappa shape index (κ2) is 4.50. The highest BCUT2D eigenvalue weighted by Crippen LogP contribution is 2.30. The quantitative estimate of drug-likeness (QED) is 0.741. The molecule has 0 spiro atoms. The molecule has 0 radical (unpaired) electrons. The van der Waals surface area contributed by atoms with Crippen molar-refractivity contribution in [2.24, 2.45) is 0 Å². The monoisotopic (exact) mass is 229 g/mol. The lowest BCUT2D eigenvalue weighted by molar-refractivity contribution is 0.0781. The highest BCUT2D eigenvalue weighted by Gasteiger charge is 2.32. The maximum atomic E-state index is 12.3. The maximum absolute atomic E-state index is 12.3. The largest absolute Gasteiger partial charge is 0.496 e. The molecular weight excluding hydrogens is 214 g/mol. The first-order valence-corrected chi connectivity index (χ1v) is 5.59. The van der Waals surface area contributed by atoms with Gasteiger partial charge >= 0.3 is 0 Å². The summed E-state index contributed by atoms with van der Waals surface area (Å²) in [6.45, 7) is 0. The van der Waals surface area contributed by atoms with Gasteiger partial charge in [-0.15, -0.1) is 6.42 Å². The molecule has 1 amide bonds. The summed E-state index contributed by atoms with van der Waals surface area (Å²) in [5.74, 6) is 3.02. The summed E-state index contributed by atoms with van der Waals surface area (Å²) in [5, 5.41) is 0. The van der Waals surface area contributed by atoms with Crippen molar-refractivity contribution in [3.8, 4) is 18.1 Å². The zero-order valence-corrected chi connectivity index (χ0v) is 10.1. The SMILES string of the molecule is C#Cc1cccc(OC)c1C(=O)N(C)C1CC1. The van der Waals surface area contributed by atoms with Crippen LogP contribution in [0.1, 0.15) is 28.8 Å². The third-order valence-electron chi connectivity index (χ3n) is 3.03. The lowest BCUT2D eigenvalue weighted by Crippen LogP contribution is -2.29. The van der Waals surface area contributed by atoms with E-state index in [1.165, 1.54) is 0 Å². The van der Waals surface area contributed by atoms with Crippen LogP contribution in [0.3, 0.4) is 0 Å². The Labute approximate surface area is 101 Å². The summed E-state index contributed by atoms with van der Waals surface area (Å²) in [6, 6.07) is 5.67. The maximum Gasteiger partial charge on any atom is 0.258 e. The number of nitrogens with zero attached hydrogens (tertiary/aromatic N) is 1. The normalized spacial score (nSPS) is 13.9. The van der Waals surface area contributed by atoms with Crippen LogP contribution in [0.2, 0.25) is 0 Å². The summed E-state index contributed by atoms with van der Waals surface area (Å²) in [7, 11) is 3.36. The number of benzene rings is 1. The minimum Gasteiger partial charge on any atom is -0.496 e. The molecule has 3 heteroatoms. The Morgan fingerprint density at radius 3 is 2.76 bits per heavy atom. The van der Waals surface area contributed by atoms with Gasteiger partial charge in [0.1, 0.15) is 5.75 Å². The molecular formula is C14H15NO2. The fourth-order valence-corrected chi connectivity index (χ4v) is 1.85. The van der Waals surface area contributed by atoms with Crippen molar-refractivity contribution >= 4 is 5.91 Å². The Balaban J connectivity index is 2.41. The van der Waals surface area contributed by atoms with Gasteiger partial charge in [-0.25, -0.2) is 0 Å². The number of carbonyl (C=O) groups is 1. The average Bonchev–Trinajstić information content (AvgIpc) is 3.20. The molecule has 0 unspecified atom stereocenters. The number of ether oxygens (including phenoxy) is 1. The number of amides is 1. The Hall–Kier alpha value is -1.95. The number of hydrogen-bond acceptors (Lipinski definition) is 2. The zero-order valence-electron chi connectivity index (χ0n) is 10.1. The van der Waals surface area contributed by atoms with Gasteiger partial charge in [0, 0.05) is 18.7 Å². The first-order valence-electron chi connectivity index (χ1n) is 5.59. The molecule has 2 rings (SSSR count). The van der Waals surface area contributed by atoms with Gasteiger partial charge in [-0.3, -0.25) is 4.79 Å². The van der Waals surface area contributed by atoms with Gasteiger partial charge in [-0.05, 0) is 25.0 Å². The van der Waals surface area contributed by atoms with Crippen LogP contribution in [-0.2, 0) is 0 Å². The Kier molecular flexibility index (Phi) is 3.06. The fraction of sp³-hybridized carbons (Fsp3) is 0.357. The van der Waals surface area contributed by atoms with Crippen LogP contribution >= 0.6 is 0 Å². The molecule has 0 bridgehead atoms. The highest BCUT2D eigenvalue weighted by molar-refractivity contribution is 5.99. The minimum atomic E-state index is -0.0575. The average molecular weight is 229 g/mol. The van der Waals surface area contributed by atoms with Crippen LogP contribution in [0, 0.1) is 12.3 Å². The fourth-order valence-electron chi connectivity index (χ4n) is 1.85. The molecule has 0 saturated heterocycles. The second-order valence-electron chi connectivity index (χ2n) is 4.17. The first-order chi connectivity index (χ1) is 8.19.